The Morgan fingerprint density at radius 2 is 1.57 bits per heavy atom. The van der Waals surface area contributed by atoms with Gasteiger partial charge in [-0.1, -0.05) is 61.5 Å². The van der Waals surface area contributed by atoms with Gasteiger partial charge in [-0.25, -0.2) is 0 Å². The van der Waals surface area contributed by atoms with E-state index < -0.39 is 11.9 Å². The quantitative estimate of drug-likeness (QED) is 0.861. The Balaban J connectivity index is 2.16. The van der Waals surface area contributed by atoms with Crippen LogP contribution < -0.4 is 5.32 Å². The normalized spacial score (nSPS) is 13.1. The Hall–Kier alpha value is -2.62. The van der Waals surface area contributed by atoms with Crippen LogP contribution in [0.15, 0.2) is 54.6 Å². The van der Waals surface area contributed by atoms with Crippen molar-refractivity contribution in [2.75, 3.05) is 6.54 Å². The van der Waals surface area contributed by atoms with Gasteiger partial charge in [0, 0.05) is 5.92 Å². The molecule has 4 heteroatoms. The highest BCUT2D eigenvalue weighted by Gasteiger charge is 2.17. The highest BCUT2D eigenvalue weighted by molar-refractivity contribution is 5.86. The number of carboxylic acids is 1. The molecule has 2 rings (SSSR count). The SMILES string of the molecule is CC(c1ccccc1)c1cccc([C@@H](C)C(=O)NCC(=O)O)c1. The van der Waals surface area contributed by atoms with Crippen LogP contribution in [0.5, 0.6) is 0 Å². The first-order valence-electron chi connectivity index (χ1n) is 7.63. The summed E-state index contributed by atoms with van der Waals surface area (Å²) in [4.78, 5) is 22.6. The van der Waals surface area contributed by atoms with Gasteiger partial charge in [-0.05, 0) is 23.6 Å². The van der Waals surface area contributed by atoms with Gasteiger partial charge < -0.3 is 10.4 Å². The lowest BCUT2D eigenvalue weighted by atomic mass is 9.89. The maximum atomic E-state index is 12.0. The van der Waals surface area contributed by atoms with Crippen molar-refractivity contribution < 1.29 is 14.7 Å². The maximum absolute atomic E-state index is 12.0. The van der Waals surface area contributed by atoms with E-state index in [4.69, 9.17) is 5.11 Å². The summed E-state index contributed by atoms with van der Waals surface area (Å²) in [5.74, 6) is -1.49. The summed E-state index contributed by atoms with van der Waals surface area (Å²) < 4.78 is 0. The number of nitrogens with one attached hydrogen (secondary N) is 1. The summed E-state index contributed by atoms with van der Waals surface area (Å²) in [6.07, 6.45) is 0. The molecule has 0 saturated heterocycles. The van der Waals surface area contributed by atoms with Gasteiger partial charge in [0.15, 0.2) is 0 Å². The Kier molecular flexibility index (Phi) is 5.52. The third-order valence-electron chi connectivity index (χ3n) is 4.02. The first kappa shape index (κ1) is 16.7. The molecule has 2 aromatic rings. The minimum Gasteiger partial charge on any atom is -0.480 e. The molecule has 0 aromatic heterocycles. The van der Waals surface area contributed by atoms with Crippen LogP contribution in [-0.2, 0) is 9.59 Å². The lowest BCUT2D eigenvalue weighted by molar-refractivity contribution is -0.138. The fourth-order valence-corrected chi connectivity index (χ4v) is 2.50. The van der Waals surface area contributed by atoms with Crippen molar-refractivity contribution in [3.8, 4) is 0 Å². The van der Waals surface area contributed by atoms with Crippen LogP contribution in [-0.4, -0.2) is 23.5 Å². The maximum Gasteiger partial charge on any atom is 0.322 e. The molecule has 2 atom stereocenters. The van der Waals surface area contributed by atoms with Crippen molar-refractivity contribution >= 4 is 11.9 Å². The van der Waals surface area contributed by atoms with Gasteiger partial charge >= 0.3 is 5.97 Å². The predicted molar refractivity (Wildman–Crippen MR) is 89.5 cm³/mol. The van der Waals surface area contributed by atoms with Crippen LogP contribution in [0, 0.1) is 0 Å². The average Bonchev–Trinajstić information content (AvgIpc) is 2.59. The third-order valence-corrected chi connectivity index (χ3v) is 4.02. The van der Waals surface area contributed by atoms with E-state index in [2.05, 4.69) is 24.4 Å². The Morgan fingerprint density at radius 1 is 0.957 bits per heavy atom. The van der Waals surface area contributed by atoms with Gasteiger partial charge in [-0.15, -0.1) is 0 Å². The number of benzene rings is 2. The average molecular weight is 311 g/mol. The predicted octanol–water partition coefficient (Wildman–Crippen LogP) is 3.14. The highest BCUT2D eigenvalue weighted by atomic mass is 16.4. The van der Waals surface area contributed by atoms with E-state index in [0.29, 0.717) is 0 Å². The first-order valence-corrected chi connectivity index (χ1v) is 7.63. The number of hydrogen-bond donors (Lipinski definition) is 2. The van der Waals surface area contributed by atoms with E-state index >= 15 is 0 Å². The molecule has 4 nitrogen and oxygen atoms in total. The van der Waals surface area contributed by atoms with Crippen LogP contribution >= 0.6 is 0 Å². The summed E-state index contributed by atoms with van der Waals surface area (Å²) in [6, 6.07) is 18.1. The molecule has 120 valence electrons. The van der Waals surface area contributed by atoms with Crippen LogP contribution in [0.4, 0.5) is 0 Å². The molecule has 0 aliphatic rings. The number of rotatable bonds is 6. The second-order valence-corrected chi connectivity index (χ2v) is 5.64. The number of amides is 1. The van der Waals surface area contributed by atoms with Gasteiger partial charge in [0.1, 0.15) is 6.54 Å². The zero-order valence-corrected chi connectivity index (χ0v) is 13.3. The molecule has 0 radical (unpaired) electrons. The molecular formula is C19H21NO3. The number of carbonyl (C=O) groups is 2. The molecule has 0 bridgehead atoms. The van der Waals surface area contributed by atoms with E-state index in [1.165, 1.54) is 5.56 Å². The summed E-state index contributed by atoms with van der Waals surface area (Å²) >= 11 is 0. The van der Waals surface area contributed by atoms with Gasteiger partial charge in [-0.3, -0.25) is 9.59 Å². The molecule has 0 saturated carbocycles. The largest absolute Gasteiger partial charge is 0.480 e. The van der Waals surface area contributed by atoms with E-state index in [1.54, 1.807) is 6.92 Å². The first-order chi connectivity index (χ1) is 11.0. The van der Waals surface area contributed by atoms with Gasteiger partial charge in [0.25, 0.3) is 0 Å². The van der Waals surface area contributed by atoms with Gasteiger partial charge in [-0.2, -0.15) is 0 Å². The van der Waals surface area contributed by atoms with Crippen molar-refractivity contribution in [3.63, 3.8) is 0 Å². The summed E-state index contributed by atoms with van der Waals surface area (Å²) in [5, 5.41) is 11.1. The van der Waals surface area contributed by atoms with Crippen LogP contribution in [0.2, 0.25) is 0 Å². The second-order valence-electron chi connectivity index (χ2n) is 5.64. The molecule has 1 unspecified atom stereocenters. The standard InChI is InChI=1S/C19H21NO3/c1-13(15-7-4-3-5-8-15)16-9-6-10-17(11-16)14(2)19(23)20-12-18(21)22/h3-11,13-14H,12H2,1-2H3,(H,20,23)(H,21,22)/t13?,14-/m1/s1. The number of hydrogen-bond acceptors (Lipinski definition) is 2. The lowest BCUT2D eigenvalue weighted by Crippen LogP contribution is -2.32. The molecule has 23 heavy (non-hydrogen) atoms. The van der Waals surface area contributed by atoms with Crippen molar-refractivity contribution in [1.82, 2.24) is 5.32 Å². The topological polar surface area (TPSA) is 66.4 Å². The Morgan fingerprint density at radius 3 is 2.22 bits per heavy atom. The van der Waals surface area contributed by atoms with Crippen molar-refractivity contribution in [3.05, 3.63) is 71.3 Å². The lowest BCUT2D eigenvalue weighted by Gasteiger charge is -2.16. The zero-order valence-electron chi connectivity index (χ0n) is 13.3. The molecule has 1 amide bonds. The minimum atomic E-state index is -1.04. The molecule has 0 fully saturated rings. The summed E-state index contributed by atoms with van der Waals surface area (Å²) in [5.41, 5.74) is 3.23. The van der Waals surface area contributed by atoms with Gasteiger partial charge in [0.05, 0.1) is 5.92 Å². The second kappa shape index (κ2) is 7.58. The fraction of sp³-hybridized carbons (Fsp3) is 0.263. The van der Waals surface area contributed by atoms with Crippen LogP contribution in [0.1, 0.15) is 42.4 Å². The summed E-state index contributed by atoms with van der Waals surface area (Å²) in [7, 11) is 0. The number of aliphatic carboxylic acids is 1. The monoisotopic (exact) mass is 311 g/mol. The van der Waals surface area contributed by atoms with Crippen molar-refractivity contribution in [1.29, 1.82) is 0 Å². The van der Waals surface area contributed by atoms with E-state index in [-0.39, 0.29) is 18.4 Å². The number of carboxylic acid groups (broad SMARTS) is 1. The van der Waals surface area contributed by atoms with Crippen LogP contribution in [0.3, 0.4) is 0 Å². The van der Waals surface area contributed by atoms with E-state index in [9.17, 15) is 9.59 Å². The smallest absolute Gasteiger partial charge is 0.322 e. The van der Waals surface area contributed by atoms with Gasteiger partial charge in [0.2, 0.25) is 5.91 Å². The fourth-order valence-electron chi connectivity index (χ4n) is 2.50. The summed E-state index contributed by atoms with van der Waals surface area (Å²) in [6.45, 7) is 3.55. The number of carbonyl (C=O) groups excluding carboxylic acids is 1. The molecule has 0 aliphatic heterocycles. The highest BCUT2D eigenvalue weighted by Crippen LogP contribution is 2.26. The molecule has 0 heterocycles. The molecule has 0 spiro atoms. The Bertz CT molecular complexity index is 682. The van der Waals surface area contributed by atoms with Crippen molar-refractivity contribution in [2.45, 2.75) is 25.7 Å². The third kappa shape index (κ3) is 4.42. The molecule has 0 aliphatic carbocycles. The minimum absolute atomic E-state index is 0.227. The van der Waals surface area contributed by atoms with Crippen molar-refractivity contribution in [2.24, 2.45) is 0 Å². The van der Waals surface area contributed by atoms with Crippen LogP contribution in [0.25, 0.3) is 0 Å². The van der Waals surface area contributed by atoms with E-state index in [0.717, 1.165) is 11.1 Å². The zero-order chi connectivity index (χ0) is 16.8. The molecule has 2 N–H and O–H groups in total. The molecule has 2 aromatic carbocycles. The van der Waals surface area contributed by atoms with E-state index in [1.807, 2.05) is 42.5 Å². The Labute approximate surface area is 136 Å². The molecular weight excluding hydrogens is 290 g/mol.